The number of hydrogen-bond donors (Lipinski definition) is 3. The molecule has 0 radical (unpaired) electrons. The number of benzene rings is 1. The van der Waals surface area contributed by atoms with Gasteiger partial charge in [0.05, 0.1) is 33.6 Å². The fourth-order valence-electron chi connectivity index (χ4n) is 5.03. The number of carbonyl (C=O) groups excluding carboxylic acids is 1. The van der Waals surface area contributed by atoms with E-state index in [2.05, 4.69) is 21.7 Å². The summed E-state index contributed by atoms with van der Waals surface area (Å²) in [6.45, 7) is 3.34. The number of amides is 1. The summed E-state index contributed by atoms with van der Waals surface area (Å²) in [6.07, 6.45) is 6.23. The molecule has 1 aromatic carbocycles. The van der Waals surface area contributed by atoms with Gasteiger partial charge in [-0.3, -0.25) is 9.36 Å². The summed E-state index contributed by atoms with van der Waals surface area (Å²) < 4.78 is 7.50. The zero-order valence-corrected chi connectivity index (χ0v) is 21.9. The molecule has 1 saturated heterocycles. The third-order valence-electron chi connectivity index (χ3n) is 7.41. The topological polar surface area (TPSA) is 144 Å². The van der Waals surface area contributed by atoms with Gasteiger partial charge in [0.25, 0.3) is 0 Å². The van der Waals surface area contributed by atoms with Crippen LogP contribution in [-0.2, 0) is 9.53 Å². The number of nitrogens with one attached hydrogen (secondary N) is 2. The molecule has 3 heterocycles. The summed E-state index contributed by atoms with van der Waals surface area (Å²) in [5.41, 5.74) is 7.25. The minimum Gasteiger partial charge on any atom is -0.381 e. The van der Waals surface area contributed by atoms with Gasteiger partial charge in [0, 0.05) is 30.7 Å². The highest BCUT2D eigenvalue weighted by Gasteiger charge is 2.37. The summed E-state index contributed by atoms with van der Waals surface area (Å²) in [5.74, 6) is 0.759. The summed E-state index contributed by atoms with van der Waals surface area (Å²) in [7, 11) is 0. The van der Waals surface area contributed by atoms with Crippen molar-refractivity contribution < 1.29 is 9.53 Å². The van der Waals surface area contributed by atoms with Gasteiger partial charge in [-0.2, -0.15) is 10.2 Å². The lowest BCUT2D eigenvalue weighted by molar-refractivity contribution is -0.128. The number of primary amides is 1. The van der Waals surface area contributed by atoms with Gasteiger partial charge < -0.3 is 21.1 Å². The molecule has 0 unspecified atom stereocenters. The molecule has 37 heavy (non-hydrogen) atoms. The van der Waals surface area contributed by atoms with E-state index in [1.165, 1.54) is 0 Å². The molecule has 12 heteroatoms. The number of halogens is 2. The zero-order chi connectivity index (χ0) is 26.2. The second-order valence-corrected chi connectivity index (χ2v) is 10.8. The van der Waals surface area contributed by atoms with Crippen LogP contribution in [0.25, 0.3) is 11.2 Å². The standard InChI is InChI=1S/C25H28Cl2N8O2/c1-25(22(29)36)6-2-16(3-7-25)35-21-19(13-30-23(34-21)31-15-4-8-37-9-5-15)32-24(35)33-20-17(26)10-14(12-28)11-18(20)27/h10-11,13,15-16H,2-9H2,1H3,(H2,29,36)(H,32,33)(H,30,31,34). The Morgan fingerprint density at radius 2 is 1.86 bits per heavy atom. The molecule has 1 aliphatic carbocycles. The number of rotatable bonds is 6. The number of nitrogens with two attached hydrogens (primary N) is 1. The van der Waals surface area contributed by atoms with Crippen molar-refractivity contribution in [2.75, 3.05) is 23.8 Å². The average molecular weight is 543 g/mol. The third-order valence-corrected chi connectivity index (χ3v) is 8.01. The van der Waals surface area contributed by atoms with Crippen LogP contribution in [0.1, 0.15) is 57.1 Å². The quantitative estimate of drug-likeness (QED) is 0.396. The minimum absolute atomic E-state index is 0.0155. The van der Waals surface area contributed by atoms with Gasteiger partial charge in [-0.15, -0.1) is 0 Å². The van der Waals surface area contributed by atoms with Gasteiger partial charge >= 0.3 is 0 Å². The van der Waals surface area contributed by atoms with Gasteiger partial charge in [0.1, 0.15) is 5.52 Å². The Bertz CT molecular complexity index is 1350. The first-order chi connectivity index (χ1) is 17.8. The van der Waals surface area contributed by atoms with Gasteiger partial charge in [-0.1, -0.05) is 30.1 Å². The van der Waals surface area contributed by atoms with Crippen LogP contribution < -0.4 is 16.4 Å². The third kappa shape index (κ3) is 5.17. The van der Waals surface area contributed by atoms with Crippen molar-refractivity contribution >= 4 is 57.9 Å². The van der Waals surface area contributed by atoms with E-state index in [1.54, 1.807) is 18.3 Å². The van der Waals surface area contributed by atoms with Gasteiger partial charge in [0.15, 0.2) is 5.65 Å². The monoisotopic (exact) mass is 542 g/mol. The Labute approximate surface area is 224 Å². The fourth-order valence-corrected chi connectivity index (χ4v) is 5.61. The van der Waals surface area contributed by atoms with E-state index in [1.807, 2.05) is 11.5 Å². The SMILES string of the molecule is CC1(C(N)=O)CCC(n2c(Nc3c(Cl)cc(C#N)cc3Cl)nc3cnc(NC4CCOCC4)nc32)CC1. The number of ether oxygens (including phenoxy) is 1. The van der Waals surface area contributed by atoms with E-state index in [0.29, 0.717) is 70.4 Å². The summed E-state index contributed by atoms with van der Waals surface area (Å²) >= 11 is 12.9. The van der Waals surface area contributed by atoms with Crippen LogP contribution in [0, 0.1) is 16.7 Å². The van der Waals surface area contributed by atoms with Crippen LogP contribution in [0.3, 0.4) is 0 Å². The van der Waals surface area contributed by atoms with Crippen molar-refractivity contribution in [1.29, 1.82) is 5.26 Å². The lowest BCUT2D eigenvalue weighted by Crippen LogP contribution is -2.38. The van der Waals surface area contributed by atoms with E-state index < -0.39 is 5.41 Å². The van der Waals surface area contributed by atoms with Crippen molar-refractivity contribution in [1.82, 2.24) is 19.5 Å². The summed E-state index contributed by atoms with van der Waals surface area (Å²) in [4.78, 5) is 26.2. The average Bonchev–Trinajstić information content (AvgIpc) is 3.24. The molecule has 1 aliphatic heterocycles. The van der Waals surface area contributed by atoms with E-state index in [4.69, 9.17) is 43.6 Å². The number of nitrogens with zero attached hydrogens (tertiary/aromatic N) is 5. The van der Waals surface area contributed by atoms with Crippen molar-refractivity contribution in [3.8, 4) is 6.07 Å². The number of fused-ring (bicyclic) bond motifs is 1. The van der Waals surface area contributed by atoms with Crippen LogP contribution in [0.15, 0.2) is 18.3 Å². The fraction of sp³-hybridized carbons (Fsp3) is 0.480. The van der Waals surface area contributed by atoms with Crippen molar-refractivity contribution in [3.05, 3.63) is 33.9 Å². The number of nitriles is 1. The van der Waals surface area contributed by atoms with E-state index in [9.17, 15) is 10.1 Å². The van der Waals surface area contributed by atoms with Crippen LogP contribution in [0.5, 0.6) is 0 Å². The lowest BCUT2D eigenvalue weighted by atomic mass is 9.73. The first-order valence-electron chi connectivity index (χ1n) is 12.3. The summed E-state index contributed by atoms with van der Waals surface area (Å²) in [5, 5.41) is 16.5. The number of anilines is 3. The molecule has 5 rings (SSSR count). The molecule has 1 saturated carbocycles. The molecule has 0 bridgehead atoms. The number of aromatic nitrogens is 4. The van der Waals surface area contributed by atoms with Crippen LogP contribution >= 0.6 is 23.2 Å². The summed E-state index contributed by atoms with van der Waals surface area (Å²) in [6, 6.07) is 5.41. The van der Waals surface area contributed by atoms with Crippen molar-refractivity contribution in [2.45, 2.75) is 57.5 Å². The Kier molecular flexibility index (Phi) is 7.12. The predicted octanol–water partition coefficient (Wildman–Crippen LogP) is 4.95. The molecule has 2 aromatic heterocycles. The molecule has 2 aliphatic rings. The molecule has 0 spiro atoms. The van der Waals surface area contributed by atoms with Gasteiger partial charge in [-0.25, -0.2) is 9.97 Å². The highest BCUT2D eigenvalue weighted by molar-refractivity contribution is 6.39. The van der Waals surface area contributed by atoms with Crippen LogP contribution in [0.4, 0.5) is 17.6 Å². The van der Waals surface area contributed by atoms with E-state index >= 15 is 0 Å². The number of carbonyl (C=O) groups is 1. The highest BCUT2D eigenvalue weighted by atomic mass is 35.5. The van der Waals surface area contributed by atoms with Crippen LogP contribution in [-0.4, -0.2) is 44.7 Å². The lowest BCUT2D eigenvalue weighted by Gasteiger charge is -2.35. The Morgan fingerprint density at radius 3 is 2.49 bits per heavy atom. The number of hydrogen-bond acceptors (Lipinski definition) is 8. The first-order valence-corrected chi connectivity index (χ1v) is 13.1. The second-order valence-electron chi connectivity index (χ2n) is 9.95. The molecule has 3 aromatic rings. The maximum Gasteiger partial charge on any atom is 0.224 e. The van der Waals surface area contributed by atoms with E-state index in [-0.39, 0.29) is 18.0 Å². The smallest absolute Gasteiger partial charge is 0.224 e. The first kappa shape index (κ1) is 25.5. The molecular formula is C25H28Cl2N8O2. The normalized spacial score (nSPS) is 22.5. The molecule has 4 N–H and O–H groups in total. The van der Waals surface area contributed by atoms with Crippen molar-refractivity contribution in [2.24, 2.45) is 11.1 Å². The molecular weight excluding hydrogens is 515 g/mol. The van der Waals surface area contributed by atoms with Crippen molar-refractivity contribution in [3.63, 3.8) is 0 Å². The van der Waals surface area contributed by atoms with Gasteiger partial charge in [-0.05, 0) is 50.7 Å². The molecule has 1 amide bonds. The van der Waals surface area contributed by atoms with E-state index in [0.717, 1.165) is 25.7 Å². The molecule has 2 fully saturated rings. The highest BCUT2D eigenvalue weighted by Crippen LogP contribution is 2.43. The van der Waals surface area contributed by atoms with Crippen LogP contribution in [0.2, 0.25) is 10.0 Å². The maximum atomic E-state index is 12.1. The Morgan fingerprint density at radius 1 is 1.19 bits per heavy atom. The molecule has 10 nitrogen and oxygen atoms in total. The predicted molar refractivity (Wildman–Crippen MR) is 142 cm³/mol. The Hall–Kier alpha value is -3.13. The molecule has 194 valence electrons. The number of imidazole rings is 1. The Balaban J connectivity index is 1.54. The maximum absolute atomic E-state index is 12.1. The zero-order valence-electron chi connectivity index (χ0n) is 20.4. The minimum atomic E-state index is -0.537. The second kappa shape index (κ2) is 10.3. The van der Waals surface area contributed by atoms with Gasteiger partial charge in [0.2, 0.25) is 17.8 Å². The largest absolute Gasteiger partial charge is 0.381 e. The molecule has 0 atom stereocenters.